The molecule has 5 rings (SSSR count). The van der Waals surface area contributed by atoms with Gasteiger partial charge in [-0.3, -0.25) is 4.90 Å². The van der Waals surface area contributed by atoms with E-state index in [9.17, 15) is 8.42 Å². The SMILES string of the molecule is C[C@@H]1CCCN1[C@H](CNS(=O)(=O)c1ccc2cc[nH]c2c1)c1cn(C)c2ccccc12. The van der Waals surface area contributed by atoms with E-state index < -0.39 is 10.0 Å². The Morgan fingerprint density at radius 3 is 2.84 bits per heavy atom. The van der Waals surface area contributed by atoms with Gasteiger partial charge in [-0.15, -0.1) is 0 Å². The quantitative estimate of drug-likeness (QED) is 0.477. The summed E-state index contributed by atoms with van der Waals surface area (Å²) < 4.78 is 31.3. The van der Waals surface area contributed by atoms with Crippen LogP contribution < -0.4 is 4.72 Å². The Kier molecular flexibility index (Phi) is 5.12. The van der Waals surface area contributed by atoms with Gasteiger partial charge in [0.2, 0.25) is 10.0 Å². The van der Waals surface area contributed by atoms with Gasteiger partial charge in [-0.2, -0.15) is 0 Å². The molecule has 1 aliphatic rings. The normalized spacial score (nSPS) is 18.8. The second kappa shape index (κ2) is 7.82. The minimum atomic E-state index is -3.63. The van der Waals surface area contributed by atoms with Crippen molar-refractivity contribution < 1.29 is 8.42 Å². The summed E-state index contributed by atoms with van der Waals surface area (Å²) in [6.45, 7) is 3.55. The first kappa shape index (κ1) is 20.3. The second-order valence-corrected chi connectivity index (χ2v) is 10.3. The third-order valence-corrected chi connectivity index (χ3v) is 8.02. The molecule has 1 fully saturated rings. The summed E-state index contributed by atoms with van der Waals surface area (Å²) in [4.78, 5) is 5.82. The van der Waals surface area contributed by atoms with Crippen LogP contribution >= 0.6 is 0 Å². The zero-order chi connectivity index (χ0) is 21.6. The number of hydrogen-bond donors (Lipinski definition) is 2. The average Bonchev–Trinajstić information content (AvgIpc) is 3.48. The monoisotopic (exact) mass is 436 g/mol. The first-order valence-electron chi connectivity index (χ1n) is 10.8. The summed E-state index contributed by atoms with van der Waals surface area (Å²) in [7, 11) is -1.58. The maximum Gasteiger partial charge on any atom is 0.240 e. The van der Waals surface area contributed by atoms with E-state index in [-0.39, 0.29) is 10.9 Å². The van der Waals surface area contributed by atoms with Gasteiger partial charge < -0.3 is 9.55 Å². The molecule has 0 amide bonds. The predicted octanol–water partition coefficient (Wildman–Crippen LogP) is 4.16. The van der Waals surface area contributed by atoms with Gasteiger partial charge in [0.15, 0.2) is 0 Å². The lowest BCUT2D eigenvalue weighted by Crippen LogP contribution is -2.39. The van der Waals surface area contributed by atoms with E-state index in [1.165, 1.54) is 10.9 Å². The molecule has 7 heteroatoms. The summed E-state index contributed by atoms with van der Waals surface area (Å²) in [5.74, 6) is 0. The Balaban J connectivity index is 1.48. The number of likely N-dealkylation sites (tertiary alicyclic amines) is 1. The topological polar surface area (TPSA) is 70.1 Å². The number of fused-ring (bicyclic) bond motifs is 2. The molecule has 1 saturated heterocycles. The van der Waals surface area contributed by atoms with Crippen LogP contribution in [0.4, 0.5) is 0 Å². The molecule has 2 atom stereocenters. The maximum absolute atomic E-state index is 13.1. The molecule has 0 unspecified atom stereocenters. The van der Waals surface area contributed by atoms with Crippen LogP contribution in [0.2, 0.25) is 0 Å². The van der Waals surface area contributed by atoms with E-state index in [2.05, 4.69) is 44.4 Å². The fourth-order valence-corrected chi connectivity index (χ4v) is 5.99. The van der Waals surface area contributed by atoms with E-state index in [0.29, 0.717) is 12.6 Å². The summed E-state index contributed by atoms with van der Waals surface area (Å²) in [6.07, 6.45) is 6.25. The van der Waals surface area contributed by atoms with Crippen LogP contribution in [0.15, 0.2) is 65.8 Å². The summed E-state index contributed by atoms with van der Waals surface area (Å²) in [5.41, 5.74) is 3.16. The summed E-state index contributed by atoms with van der Waals surface area (Å²) in [6, 6.07) is 15.9. The van der Waals surface area contributed by atoms with Crippen molar-refractivity contribution >= 4 is 31.8 Å². The second-order valence-electron chi connectivity index (χ2n) is 8.54. The van der Waals surface area contributed by atoms with Gasteiger partial charge >= 0.3 is 0 Å². The summed E-state index contributed by atoms with van der Waals surface area (Å²) in [5, 5.41) is 2.18. The van der Waals surface area contributed by atoms with Gasteiger partial charge in [-0.05, 0) is 61.5 Å². The smallest absolute Gasteiger partial charge is 0.240 e. The van der Waals surface area contributed by atoms with Crippen molar-refractivity contribution in [3.05, 3.63) is 66.5 Å². The molecule has 0 aliphatic carbocycles. The van der Waals surface area contributed by atoms with Crippen molar-refractivity contribution in [3.63, 3.8) is 0 Å². The Morgan fingerprint density at radius 2 is 2.03 bits per heavy atom. The number of nitrogens with one attached hydrogen (secondary N) is 2. The average molecular weight is 437 g/mol. The van der Waals surface area contributed by atoms with Crippen molar-refractivity contribution in [1.82, 2.24) is 19.2 Å². The number of nitrogens with zero attached hydrogens (tertiary/aromatic N) is 2. The molecule has 4 aromatic rings. The highest BCUT2D eigenvalue weighted by atomic mass is 32.2. The van der Waals surface area contributed by atoms with Gasteiger partial charge in [0.05, 0.1) is 10.9 Å². The Labute approximate surface area is 182 Å². The Hall–Kier alpha value is -2.61. The molecule has 3 heterocycles. The van der Waals surface area contributed by atoms with Gasteiger partial charge in [0.25, 0.3) is 0 Å². The van der Waals surface area contributed by atoms with E-state index in [0.717, 1.165) is 35.8 Å². The predicted molar refractivity (Wildman–Crippen MR) is 125 cm³/mol. The lowest BCUT2D eigenvalue weighted by molar-refractivity contribution is 0.193. The molecule has 0 bridgehead atoms. The molecule has 0 spiro atoms. The van der Waals surface area contributed by atoms with Crippen molar-refractivity contribution in [2.45, 2.75) is 36.7 Å². The first-order chi connectivity index (χ1) is 14.9. The molecule has 2 aromatic carbocycles. The number of benzene rings is 2. The number of aromatic nitrogens is 2. The number of sulfonamides is 1. The molecular weight excluding hydrogens is 408 g/mol. The fourth-order valence-electron chi connectivity index (χ4n) is 4.93. The first-order valence-corrected chi connectivity index (χ1v) is 12.3. The highest BCUT2D eigenvalue weighted by Crippen LogP contribution is 2.34. The van der Waals surface area contributed by atoms with Gasteiger partial charge in [0.1, 0.15) is 0 Å². The van der Waals surface area contributed by atoms with Crippen molar-refractivity contribution in [3.8, 4) is 0 Å². The molecule has 1 aliphatic heterocycles. The van der Waals surface area contributed by atoms with Crippen molar-refractivity contribution in [2.24, 2.45) is 7.05 Å². The minimum Gasteiger partial charge on any atom is -0.361 e. The third-order valence-electron chi connectivity index (χ3n) is 6.59. The Bertz CT molecular complexity index is 1340. The number of para-hydroxylation sites is 1. The highest BCUT2D eigenvalue weighted by molar-refractivity contribution is 7.89. The maximum atomic E-state index is 13.1. The molecule has 162 valence electrons. The minimum absolute atomic E-state index is 0.0207. The number of hydrogen-bond acceptors (Lipinski definition) is 3. The number of rotatable bonds is 6. The number of aromatic amines is 1. The lowest BCUT2D eigenvalue weighted by atomic mass is 10.0. The Morgan fingerprint density at radius 1 is 1.19 bits per heavy atom. The van der Waals surface area contributed by atoms with E-state index in [1.807, 2.05) is 37.5 Å². The molecule has 6 nitrogen and oxygen atoms in total. The molecule has 31 heavy (non-hydrogen) atoms. The number of H-pyrrole nitrogens is 1. The van der Waals surface area contributed by atoms with Crippen molar-refractivity contribution in [1.29, 1.82) is 0 Å². The number of aryl methyl sites for hydroxylation is 1. The van der Waals surface area contributed by atoms with E-state index in [4.69, 9.17) is 0 Å². The highest BCUT2D eigenvalue weighted by Gasteiger charge is 2.32. The lowest BCUT2D eigenvalue weighted by Gasteiger charge is -2.31. The summed E-state index contributed by atoms with van der Waals surface area (Å²) >= 11 is 0. The van der Waals surface area contributed by atoms with Crippen LogP contribution in [-0.4, -0.2) is 42.0 Å². The van der Waals surface area contributed by atoms with Crippen LogP contribution in [0, 0.1) is 0 Å². The van der Waals surface area contributed by atoms with Crippen molar-refractivity contribution in [2.75, 3.05) is 13.1 Å². The largest absolute Gasteiger partial charge is 0.361 e. The van der Waals surface area contributed by atoms with E-state index >= 15 is 0 Å². The zero-order valence-electron chi connectivity index (χ0n) is 17.9. The third kappa shape index (κ3) is 3.67. The van der Waals surface area contributed by atoms with Crippen LogP contribution in [0.25, 0.3) is 21.8 Å². The molecule has 2 N–H and O–H groups in total. The van der Waals surface area contributed by atoms with Gasteiger partial charge in [-0.1, -0.05) is 24.3 Å². The van der Waals surface area contributed by atoms with Gasteiger partial charge in [-0.25, -0.2) is 13.1 Å². The standard InChI is InChI=1S/C24H28N4O2S/c1-17-6-5-13-28(17)24(21-16-27(2)23-8-4-3-7-20(21)23)15-26-31(29,30)19-10-9-18-11-12-25-22(18)14-19/h3-4,7-12,14,16-17,24-26H,5-6,13,15H2,1-2H3/t17-,24-/m1/s1. The van der Waals surface area contributed by atoms with Crippen LogP contribution in [0.5, 0.6) is 0 Å². The fraction of sp³-hybridized carbons (Fsp3) is 0.333. The van der Waals surface area contributed by atoms with Gasteiger partial charge in [0, 0.05) is 48.4 Å². The molecular formula is C24H28N4O2S. The molecule has 2 aromatic heterocycles. The van der Waals surface area contributed by atoms with Crippen LogP contribution in [0.1, 0.15) is 31.4 Å². The zero-order valence-corrected chi connectivity index (χ0v) is 18.7. The molecule has 0 saturated carbocycles. The van der Waals surface area contributed by atoms with E-state index in [1.54, 1.807) is 12.1 Å². The molecule has 0 radical (unpaired) electrons. The van der Waals surface area contributed by atoms with Crippen LogP contribution in [-0.2, 0) is 17.1 Å². The van der Waals surface area contributed by atoms with Crippen LogP contribution in [0.3, 0.4) is 0 Å².